The molecule has 2 aliphatic heterocycles. The van der Waals surface area contributed by atoms with Crippen LogP contribution in [0.5, 0.6) is 0 Å². The van der Waals surface area contributed by atoms with Gasteiger partial charge in [-0.3, -0.25) is 9.48 Å². The number of hydrogen-bond donors (Lipinski definition) is 0. The fraction of sp³-hybridized carbons (Fsp3) is 0.429. The lowest BCUT2D eigenvalue weighted by molar-refractivity contribution is -0.117. The van der Waals surface area contributed by atoms with Crippen LogP contribution in [-0.4, -0.2) is 44.3 Å². The van der Waals surface area contributed by atoms with Crippen molar-refractivity contribution in [1.29, 1.82) is 0 Å². The average molecular weight is 302 g/mol. The van der Waals surface area contributed by atoms with Crippen LogP contribution >= 0.6 is 0 Å². The van der Waals surface area contributed by atoms with Crippen molar-refractivity contribution in [2.24, 2.45) is 7.05 Å². The maximum atomic E-state index is 13.0. The van der Waals surface area contributed by atoms with Crippen molar-refractivity contribution in [2.75, 3.05) is 16.3 Å². The summed E-state index contributed by atoms with van der Waals surface area (Å²) in [5.74, 6) is 0.100. The molecule has 4 heterocycles. The predicted octanol–water partition coefficient (Wildman–Crippen LogP) is 0.733. The molecule has 114 valence electrons. The largest absolute Gasteiger partial charge is 0.335 e. The molecule has 0 unspecified atom stereocenters. The smallest absolute Gasteiger partial charge is 0.229 e. The number of nitrogens with zero attached hydrogens (tertiary/aromatic N) is 6. The first-order valence-electron chi connectivity index (χ1n) is 7.18. The Morgan fingerprint density at radius 2 is 2.00 bits per heavy atom. The van der Waals surface area contributed by atoms with Gasteiger partial charge >= 0.3 is 0 Å². The third-order valence-corrected chi connectivity index (χ3v) is 4.33. The summed E-state index contributed by atoms with van der Waals surface area (Å²) >= 11 is 0. The van der Waals surface area contributed by atoms with E-state index in [1.807, 2.05) is 23.0 Å². The highest BCUT2D eigenvalue weighted by atomic mass is 19.1. The summed E-state index contributed by atoms with van der Waals surface area (Å²) in [6, 6.07) is 0.114. The summed E-state index contributed by atoms with van der Waals surface area (Å²) in [4.78, 5) is 24.3. The van der Waals surface area contributed by atoms with Gasteiger partial charge in [0, 0.05) is 26.2 Å². The second-order valence-corrected chi connectivity index (χ2v) is 5.66. The van der Waals surface area contributed by atoms with Gasteiger partial charge in [-0.05, 0) is 6.42 Å². The van der Waals surface area contributed by atoms with Gasteiger partial charge in [0.2, 0.25) is 11.9 Å². The van der Waals surface area contributed by atoms with E-state index in [4.69, 9.17) is 0 Å². The highest BCUT2D eigenvalue weighted by Gasteiger charge is 2.48. The summed E-state index contributed by atoms with van der Waals surface area (Å²) < 4.78 is 14.7. The molecule has 4 rings (SSSR count). The van der Waals surface area contributed by atoms with Gasteiger partial charge in [-0.15, -0.1) is 0 Å². The topological polar surface area (TPSA) is 67.2 Å². The average Bonchev–Trinajstić information content (AvgIpc) is 3.15. The van der Waals surface area contributed by atoms with Crippen LogP contribution in [0.15, 0.2) is 24.8 Å². The third kappa shape index (κ3) is 1.94. The normalized spacial score (nSPS) is 24.2. The lowest BCUT2D eigenvalue weighted by Gasteiger charge is -2.24. The molecular weight excluding hydrogens is 287 g/mol. The SMILES string of the molecule is Cn1cc(N2C(=O)C[C@@H]3[C@@H]2CCN3c2ncc(F)cn2)cn1. The van der Waals surface area contributed by atoms with Gasteiger partial charge in [0.25, 0.3) is 0 Å². The zero-order chi connectivity index (χ0) is 15.3. The van der Waals surface area contributed by atoms with E-state index in [1.165, 1.54) is 0 Å². The number of halogens is 1. The maximum absolute atomic E-state index is 13.0. The molecule has 0 bridgehead atoms. The van der Waals surface area contributed by atoms with Crippen molar-refractivity contribution in [3.8, 4) is 0 Å². The Morgan fingerprint density at radius 1 is 1.23 bits per heavy atom. The molecule has 2 aromatic rings. The number of rotatable bonds is 2. The number of hydrogen-bond acceptors (Lipinski definition) is 5. The molecule has 0 N–H and O–H groups in total. The van der Waals surface area contributed by atoms with E-state index < -0.39 is 5.82 Å². The van der Waals surface area contributed by atoms with Crippen molar-refractivity contribution < 1.29 is 9.18 Å². The Labute approximate surface area is 126 Å². The monoisotopic (exact) mass is 302 g/mol. The molecule has 2 aliphatic rings. The number of anilines is 2. The first-order chi connectivity index (χ1) is 10.6. The van der Waals surface area contributed by atoms with Crippen LogP contribution < -0.4 is 9.80 Å². The van der Waals surface area contributed by atoms with E-state index in [1.54, 1.807) is 10.9 Å². The summed E-state index contributed by atoms with van der Waals surface area (Å²) in [6.45, 7) is 0.755. The fourth-order valence-electron chi connectivity index (χ4n) is 3.42. The zero-order valence-corrected chi connectivity index (χ0v) is 12.1. The lowest BCUT2D eigenvalue weighted by atomic mass is 10.1. The Hall–Kier alpha value is -2.51. The Kier molecular flexibility index (Phi) is 2.85. The molecule has 2 aromatic heterocycles. The number of fused-ring (bicyclic) bond motifs is 1. The highest BCUT2D eigenvalue weighted by Crippen LogP contribution is 2.37. The van der Waals surface area contributed by atoms with Crippen LogP contribution in [0.25, 0.3) is 0 Å². The van der Waals surface area contributed by atoms with Crippen molar-refractivity contribution in [2.45, 2.75) is 24.9 Å². The van der Waals surface area contributed by atoms with Crippen molar-refractivity contribution in [3.63, 3.8) is 0 Å². The van der Waals surface area contributed by atoms with Gasteiger partial charge in [0.15, 0.2) is 5.82 Å². The van der Waals surface area contributed by atoms with Gasteiger partial charge in [-0.25, -0.2) is 14.4 Å². The lowest BCUT2D eigenvalue weighted by Crippen LogP contribution is -2.37. The summed E-state index contributed by atoms with van der Waals surface area (Å²) in [6.07, 6.45) is 7.12. The molecule has 0 aliphatic carbocycles. The van der Waals surface area contributed by atoms with Gasteiger partial charge in [0.05, 0.1) is 36.4 Å². The maximum Gasteiger partial charge on any atom is 0.229 e. The van der Waals surface area contributed by atoms with E-state index in [9.17, 15) is 9.18 Å². The van der Waals surface area contributed by atoms with Gasteiger partial charge in [0.1, 0.15) is 0 Å². The Balaban J connectivity index is 1.62. The van der Waals surface area contributed by atoms with Crippen LogP contribution in [0, 0.1) is 5.82 Å². The van der Waals surface area contributed by atoms with Crippen molar-refractivity contribution in [1.82, 2.24) is 19.7 Å². The molecule has 1 amide bonds. The zero-order valence-electron chi connectivity index (χ0n) is 12.1. The minimum absolute atomic E-state index is 0.0261. The Bertz CT molecular complexity index is 714. The fourth-order valence-corrected chi connectivity index (χ4v) is 3.42. The van der Waals surface area contributed by atoms with E-state index >= 15 is 0 Å². The highest BCUT2D eigenvalue weighted by molar-refractivity contribution is 5.97. The van der Waals surface area contributed by atoms with Gasteiger partial charge < -0.3 is 9.80 Å². The quantitative estimate of drug-likeness (QED) is 0.818. The molecule has 0 radical (unpaired) electrons. The number of carbonyl (C=O) groups is 1. The molecular formula is C14H15FN6O. The molecule has 7 nitrogen and oxygen atoms in total. The molecule has 8 heteroatoms. The molecule has 2 saturated heterocycles. The van der Waals surface area contributed by atoms with Crippen LogP contribution in [0.2, 0.25) is 0 Å². The molecule has 0 saturated carbocycles. The van der Waals surface area contributed by atoms with Gasteiger partial charge in [-0.1, -0.05) is 0 Å². The van der Waals surface area contributed by atoms with E-state index in [-0.39, 0.29) is 18.0 Å². The van der Waals surface area contributed by atoms with Crippen LogP contribution in [0.4, 0.5) is 16.0 Å². The van der Waals surface area contributed by atoms with E-state index in [0.717, 1.165) is 31.0 Å². The van der Waals surface area contributed by atoms with Crippen molar-refractivity contribution in [3.05, 3.63) is 30.6 Å². The standard InChI is InChI=1S/C14H15FN6O/c1-19-8-10(7-18-19)21-11-2-3-20(12(11)4-13(21)22)14-16-5-9(15)6-17-14/h5-8,11-12H,2-4H2,1H3/t11-,12+/m0/s1. The number of carbonyl (C=O) groups excluding carboxylic acids is 1. The summed E-state index contributed by atoms with van der Waals surface area (Å²) in [5, 5.41) is 4.14. The number of aryl methyl sites for hydroxylation is 1. The van der Waals surface area contributed by atoms with Crippen LogP contribution in [0.1, 0.15) is 12.8 Å². The second kappa shape index (κ2) is 4.75. The van der Waals surface area contributed by atoms with E-state index in [2.05, 4.69) is 15.1 Å². The minimum Gasteiger partial charge on any atom is -0.335 e. The summed E-state index contributed by atoms with van der Waals surface area (Å²) in [7, 11) is 1.83. The van der Waals surface area contributed by atoms with Crippen LogP contribution in [0.3, 0.4) is 0 Å². The van der Waals surface area contributed by atoms with Gasteiger partial charge in [-0.2, -0.15) is 5.10 Å². The predicted molar refractivity (Wildman–Crippen MR) is 76.8 cm³/mol. The first kappa shape index (κ1) is 13.2. The Morgan fingerprint density at radius 3 is 2.68 bits per heavy atom. The number of aromatic nitrogens is 4. The third-order valence-electron chi connectivity index (χ3n) is 4.33. The van der Waals surface area contributed by atoms with Crippen molar-refractivity contribution >= 4 is 17.5 Å². The summed E-state index contributed by atoms with van der Waals surface area (Å²) in [5.41, 5.74) is 0.821. The molecule has 0 aromatic carbocycles. The second-order valence-electron chi connectivity index (χ2n) is 5.66. The molecule has 2 atom stereocenters. The first-order valence-corrected chi connectivity index (χ1v) is 7.18. The molecule has 2 fully saturated rings. The number of amides is 1. The molecule has 22 heavy (non-hydrogen) atoms. The molecule has 0 spiro atoms. The minimum atomic E-state index is -0.459. The van der Waals surface area contributed by atoms with E-state index in [0.29, 0.717) is 12.4 Å². The van der Waals surface area contributed by atoms with Crippen LogP contribution in [-0.2, 0) is 11.8 Å².